The van der Waals surface area contributed by atoms with Gasteiger partial charge in [-0.25, -0.2) is 4.79 Å². The Kier molecular flexibility index (Phi) is 1.73. The molecular weight excluding hydrogens is 140 g/mol. The van der Waals surface area contributed by atoms with E-state index in [1.807, 2.05) is 0 Å². The van der Waals surface area contributed by atoms with Gasteiger partial charge in [-0.15, -0.1) is 0 Å². The van der Waals surface area contributed by atoms with Gasteiger partial charge in [0.25, 0.3) is 0 Å². The van der Waals surface area contributed by atoms with E-state index in [-0.39, 0.29) is 0 Å². The number of aliphatic carboxylic acids is 1. The fourth-order valence-corrected chi connectivity index (χ4v) is 1.21. The van der Waals surface area contributed by atoms with Crippen LogP contribution in [0.25, 0.3) is 0 Å². The maximum absolute atomic E-state index is 10.2. The lowest BCUT2D eigenvalue weighted by Gasteiger charge is -2.04. The zero-order valence-corrected chi connectivity index (χ0v) is 5.34. The zero-order chi connectivity index (χ0) is 6.85. The molecule has 0 radical (unpaired) electrons. The summed E-state index contributed by atoms with van der Waals surface area (Å²) < 4.78 is 0. The van der Waals surface area contributed by atoms with Crippen LogP contribution < -0.4 is 5.73 Å². The van der Waals surface area contributed by atoms with Crippen LogP contribution in [0.15, 0.2) is 4.99 Å². The molecular formula is C4H6N2O2S. The van der Waals surface area contributed by atoms with Crippen LogP contribution in [0.4, 0.5) is 0 Å². The molecule has 1 aliphatic heterocycles. The molecule has 1 rings (SSSR count). The van der Waals surface area contributed by atoms with Gasteiger partial charge in [0.15, 0.2) is 6.04 Å². The quantitative estimate of drug-likeness (QED) is 0.523. The summed E-state index contributed by atoms with van der Waals surface area (Å²) in [7, 11) is 0. The first kappa shape index (κ1) is 6.57. The van der Waals surface area contributed by atoms with Crippen LogP contribution in [0.2, 0.25) is 0 Å². The standard InChI is InChI=1S/C4H6N2O2S/c5-3-2(4(7)8)6-1-9-3/h1-3H,5H2,(H,7,8). The lowest BCUT2D eigenvalue weighted by Crippen LogP contribution is -2.33. The van der Waals surface area contributed by atoms with E-state index in [9.17, 15) is 4.79 Å². The number of carboxylic acid groups (broad SMARTS) is 1. The Balaban J connectivity index is 2.59. The highest BCUT2D eigenvalue weighted by atomic mass is 32.2. The van der Waals surface area contributed by atoms with Crippen LogP contribution in [-0.4, -0.2) is 28.0 Å². The molecule has 0 spiro atoms. The van der Waals surface area contributed by atoms with Crippen molar-refractivity contribution in [1.29, 1.82) is 0 Å². The average molecular weight is 146 g/mol. The number of hydrogen-bond donors (Lipinski definition) is 2. The Morgan fingerprint density at radius 2 is 2.56 bits per heavy atom. The highest BCUT2D eigenvalue weighted by molar-refractivity contribution is 8.12. The van der Waals surface area contributed by atoms with E-state index < -0.39 is 17.4 Å². The van der Waals surface area contributed by atoms with Gasteiger partial charge in [-0.2, -0.15) is 0 Å². The Hall–Kier alpha value is -0.550. The molecule has 0 saturated heterocycles. The first-order valence-corrected chi connectivity index (χ1v) is 3.31. The van der Waals surface area contributed by atoms with Gasteiger partial charge in [0, 0.05) is 0 Å². The van der Waals surface area contributed by atoms with Crippen LogP contribution in [0, 0.1) is 0 Å². The maximum Gasteiger partial charge on any atom is 0.330 e. The number of carbonyl (C=O) groups is 1. The maximum atomic E-state index is 10.2. The number of nitrogens with zero attached hydrogens (tertiary/aromatic N) is 1. The van der Waals surface area contributed by atoms with Crippen molar-refractivity contribution in [3.63, 3.8) is 0 Å². The molecule has 4 nitrogen and oxygen atoms in total. The predicted octanol–water partition coefficient (Wildman–Crippen LogP) is -0.500. The number of rotatable bonds is 1. The molecule has 9 heavy (non-hydrogen) atoms. The largest absolute Gasteiger partial charge is 0.480 e. The molecule has 0 aromatic carbocycles. The SMILES string of the molecule is NC1SC=NC1C(=O)O. The van der Waals surface area contributed by atoms with E-state index >= 15 is 0 Å². The molecule has 3 N–H and O–H groups in total. The molecule has 2 atom stereocenters. The van der Waals surface area contributed by atoms with Gasteiger partial charge in [-0.05, 0) is 0 Å². The van der Waals surface area contributed by atoms with Crippen molar-refractivity contribution >= 4 is 23.3 Å². The number of nitrogens with two attached hydrogens (primary N) is 1. The molecule has 0 aromatic heterocycles. The summed E-state index contributed by atoms with van der Waals surface area (Å²) in [5.41, 5.74) is 6.81. The molecule has 0 saturated carbocycles. The Morgan fingerprint density at radius 3 is 2.78 bits per heavy atom. The van der Waals surface area contributed by atoms with E-state index in [1.54, 1.807) is 0 Å². The smallest absolute Gasteiger partial charge is 0.330 e. The lowest BCUT2D eigenvalue weighted by molar-refractivity contribution is -0.138. The van der Waals surface area contributed by atoms with Crippen LogP contribution in [-0.2, 0) is 4.79 Å². The number of hydrogen-bond acceptors (Lipinski definition) is 4. The number of thioether (sulfide) groups is 1. The monoisotopic (exact) mass is 146 g/mol. The molecule has 0 aliphatic carbocycles. The minimum absolute atomic E-state index is 0.400. The zero-order valence-electron chi connectivity index (χ0n) is 4.52. The van der Waals surface area contributed by atoms with Gasteiger partial charge < -0.3 is 10.8 Å². The normalized spacial score (nSPS) is 33.0. The molecule has 0 fully saturated rings. The summed E-state index contributed by atoms with van der Waals surface area (Å²) in [6.45, 7) is 0. The Bertz CT molecular complexity index is 159. The second-order valence-corrected chi connectivity index (χ2v) is 2.67. The summed E-state index contributed by atoms with van der Waals surface area (Å²) in [4.78, 5) is 13.8. The second-order valence-electron chi connectivity index (χ2n) is 1.64. The van der Waals surface area contributed by atoms with Crippen molar-refractivity contribution in [2.45, 2.75) is 11.4 Å². The van der Waals surface area contributed by atoms with E-state index in [0.717, 1.165) is 0 Å². The van der Waals surface area contributed by atoms with Gasteiger partial charge in [-0.1, -0.05) is 11.8 Å². The highest BCUT2D eigenvalue weighted by Crippen LogP contribution is 2.16. The van der Waals surface area contributed by atoms with Gasteiger partial charge in [0.05, 0.1) is 10.9 Å². The number of carboxylic acids is 1. The first-order chi connectivity index (χ1) is 4.22. The summed E-state index contributed by atoms with van der Waals surface area (Å²) in [5, 5.41) is 7.98. The van der Waals surface area contributed by atoms with Crippen LogP contribution in [0.3, 0.4) is 0 Å². The lowest BCUT2D eigenvalue weighted by atomic mass is 10.3. The molecule has 5 heteroatoms. The highest BCUT2D eigenvalue weighted by Gasteiger charge is 2.27. The molecule has 2 unspecified atom stereocenters. The molecule has 1 aliphatic rings. The molecule has 50 valence electrons. The minimum atomic E-state index is -0.955. The summed E-state index contributed by atoms with van der Waals surface area (Å²) in [5.74, 6) is -0.955. The van der Waals surface area contributed by atoms with Crippen LogP contribution >= 0.6 is 11.8 Å². The molecule has 0 aromatic rings. The number of aliphatic imine (C=N–C) groups is 1. The fraction of sp³-hybridized carbons (Fsp3) is 0.500. The van der Waals surface area contributed by atoms with E-state index in [4.69, 9.17) is 10.8 Å². The van der Waals surface area contributed by atoms with Gasteiger partial charge in [-0.3, -0.25) is 4.99 Å². The van der Waals surface area contributed by atoms with Crippen molar-refractivity contribution in [3.8, 4) is 0 Å². The van der Waals surface area contributed by atoms with Crippen molar-refractivity contribution in [2.24, 2.45) is 10.7 Å². The van der Waals surface area contributed by atoms with Crippen LogP contribution in [0.1, 0.15) is 0 Å². The van der Waals surface area contributed by atoms with E-state index in [2.05, 4.69) is 4.99 Å². The average Bonchev–Trinajstić information content (AvgIpc) is 2.13. The Labute approximate surface area is 56.1 Å². The third-order valence-electron chi connectivity index (χ3n) is 1.00. The van der Waals surface area contributed by atoms with Gasteiger partial charge >= 0.3 is 5.97 Å². The first-order valence-electron chi connectivity index (χ1n) is 2.37. The summed E-state index contributed by atoms with van der Waals surface area (Å²) in [6.07, 6.45) is 0. The molecule has 0 bridgehead atoms. The van der Waals surface area contributed by atoms with Crippen molar-refractivity contribution in [3.05, 3.63) is 0 Å². The van der Waals surface area contributed by atoms with E-state index in [1.165, 1.54) is 17.3 Å². The second kappa shape index (κ2) is 2.36. The van der Waals surface area contributed by atoms with Crippen molar-refractivity contribution in [2.75, 3.05) is 0 Å². The molecule has 1 heterocycles. The third kappa shape index (κ3) is 1.22. The van der Waals surface area contributed by atoms with E-state index in [0.29, 0.717) is 0 Å². The summed E-state index contributed by atoms with van der Waals surface area (Å²) in [6, 6.07) is -0.741. The predicted molar refractivity (Wildman–Crippen MR) is 35.5 cm³/mol. The van der Waals surface area contributed by atoms with Crippen LogP contribution in [0.5, 0.6) is 0 Å². The van der Waals surface area contributed by atoms with Gasteiger partial charge in [0.2, 0.25) is 0 Å². The van der Waals surface area contributed by atoms with Gasteiger partial charge in [0.1, 0.15) is 0 Å². The summed E-state index contributed by atoms with van der Waals surface area (Å²) >= 11 is 1.24. The van der Waals surface area contributed by atoms with Crippen molar-refractivity contribution < 1.29 is 9.90 Å². The fourth-order valence-electron chi connectivity index (χ4n) is 0.535. The minimum Gasteiger partial charge on any atom is -0.480 e. The topological polar surface area (TPSA) is 75.7 Å². The van der Waals surface area contributed by atoms with Crippen molar-refractivity contribution in [1.82, 2.24) is 0 Å². The molecule has 0 amide bonds. The third-order valence-corrected chi connectivity index (χ3v) is 1.82. The Morgan fingerprint density at radius 1 is 1.89 bits per heavy atom.